The maximum Gasteiger partial charge on any atom is 0.246 e. The van der Waals surface area contributed by atoms with Crippen molar-refractivity contribution in [3.05, 3.63) is 65.7 Å². The van der Waals surface area contributed by atoms with Crippen LogP contribution in [-0.4, -0.2) is 37.4 Å². The Hall–Kier alpha value is -3.08. The molecule has 2 aromatic rings. The molecule has 0 fully saturated rings. The van der Waals surface area contributed by atoms with E-state index < -0.39 is 0 Å². The van der Waals surface area contributed by atoms with Crippen LogP contribution >= 0.6 is 0 Å². The second-order valence-electron chi connectivity index (χ2n) is 5.90. The summed E-state index contributed by atoms with van der Waals surface area (Å²) < 4.78 is 5.15. The molecule has 5 heteroatoms. The smallest absolute Gasteiger partial charge is 0.246 e. The van der Waals surface area contributed by atoms with Crippen molar-refractivity contribution in [2.24, 2.45) is 0 Å². The Balaban J connectivity index is 1.88. The first-order valence-corrected chi connectivity index (χ1v) is 8.48. The Labute approximate surface area is 154 Å². The van der Waals surface area contributed by atoms with Gasteiger partial charge in [0.25, 0.3) is 0 Å². The zero-order valence-corrected chi connectivity index (χ0v) is 15.4. The summed E-state index contributed by atoms with van der Waals surface area (Å²) in [6.45, 7) is 2.06. The van der Waals surface area contributed by atoms with E-state index >= 15 is 0 Å². The number of nitrogens with one attached hydrogen (secondary N) is 1. The van der Waals surface area contributed by atoms with E-state index in [0.717, 1.165) is 23.4 Å². The predicted octanol–water partition coefficient (Wildman–Crippen LogP) is 3.37. The largest absolute Gasteiger partial charge is 0.497 e. The molecule has 0 saturated heterocycles. The summed E-state index contributed by atoms with van der Waals surface area (Å²) in [7, 11) is 3.19. The molecule has 0 aliphatic rings. The van der Waals surface area contributed by atoms with Crippen molar-refractivity contribution in [2.45, 2.75) is 13.3 Å². The molecule has 0 heterocycles. The number of hydrogen-bond acceptors (Lipinski definition) is 3. The van der Waals surface area contributed by atoms with Gasteiger partial charge >= 0.3 is 0 Å². The highest BCUT2D eigenvalue weighted by Crippen LogP contribution is 2.14. The Morgan fingerprint density at radius 1 is 1.15 bits per heavy atom. The molecule has 0 aliphatic heterocycles. The van der Waals surface area contributed by atoms with Crippen LogP contribution in [0.5, 0.6) is 5.75 Å². The average Bonchev–Trinajstić information content (AvgIpc) is 2.66. The van der Waals surface area contributed by atoms with Crippen molar-refractivity contribution in [1.29, 1.82) is 0 Å². The molecule has 0 atom stereocenters. The number of methoxy groups -OCH3 is 1. The molecule has 0 spiro atoms. The minimum Gasteiger partial charge on any atom is -0.497 e. The third-order valence-corrected chi connectivity index (χ3v) is 3.92. The first-order valence-electron chi connectivity index (χ1n) is 8.48. The van der Waals surface area contributed by atoms with Gasteiger partial charge in [0.2, 0.25) is 11.8 Å². The number of carbonyl (C=O) groups excluding carboxylic acids is 2. The van der Waals surface area contributed by atoms with Crippen molar-refractivity contribution in [2.75, 3.05) is 26.0 Å². The van der Waals surface area contributed by atoms with E-state index in [2.05, 4.69) is 12.2 Å². The molecule has 2 amide bonds. The molecular weight excluding hydrogens is 328 g/mol. The van der Waals surface area contributed by atoms with Crippen LogP contribution in [-0.2, 0) is 16.0 Å². The number of amides is 2. The third-order valence-electron chi connectivity index (χ3n) is 3.92. The molecule has 26 heavy (non-hydrogen) atoms. The molecule has 0 bridgehead atoms. The van der Waals surface area contributed by atoms with E-state index in [-0.39, 0.29) is 18.4 Å². The van der Waals surface area contributed by atoms with Crippen LogP contribution < -0.4 is 10.1 Å². The number of rotatable bonds is 7. The quantitative estimate of drug-likeness (QED) is 0.777. The van der Waals surface area contributed by atoms with Crippen LogP contribution in [0.3, 0.4) is 0 Å². The van der Waals surface area contributed by atoms with Crippen LogP contribution in [0.2, 0.25) is 0 Å². The number of likely N-dealkylation sites (N-methyl/N-ethyl adjacent to an activating group) is 1. The van der Waals surface area contributed by atoms with E-state index in [1.807, 2.05) is 48.5 Å². The highest BCUT2D eigenvalue weighted by atomic mass is 16.5. The maximum atomic E-state index is 12.2. The van der Waals surface area contributed by atoms with Crippen molar-refractivity contribution >= 4 is 23.6 Å². The number of benzene rings is 2. The molecular formula is C21H24N2O3. The topological polar surface area (TPSA) is 58.6 Å². The van der Waals surface area contributed by atoms with E-state index in [0.29, 0.717) is 0 Å². The summed E-state index contributed by atoms with van der Waals surface area (Å²) in [6, 6.07) is 15.1. The fraction of sp³-hybridized carbons (Fsp3) is 0.238. The number of nitrogens with zero attached hydrogens (tertiary/aromatic N) is 1. The summed E-state index contributed by atoms with van der Waals surface area (Å²) in [4.78, 5) is 25.6. The molecule has 1 N–H and O–H groups in total. The average molecular weight is 352 g/mol. The molecule has 0 aliphatic carbocycles. The molecule has 0 unspecified atom stereocenters. The second kappa shape index (κ2) is 9.42. The van der Waals surface area contributed by atoms with Gasteiger partial charge in [-0.25, -0.2) is 0 Å². The SMILES string of the molecule is CCc1ccc(NC(=O)CN(C)C(=O)/C=C/c2cccc(OC)c2)cc1. The summed E-state index contributed by atoms with van der Waals surface area (Å²) in [5.41, 5.74) is 2.78. The molecule has 0 aromatic heterocycles. The minimum atomic E-state index is -0.246. The van der Waals surface area contributed by atoms with Crippen molar-refractivity contribution < 1.29 is 14.3 Å². The number of carbonyl (C=O) groups is 2. The zero-order chi connectivity index (χ0) is 18.9. The lowest BCUT2D eigenvalue weighted by Gasteiger charge is -2.15. The van der Waals surface area contributed by atoms with Gasteiger partial charge in [0.15, 0.2) is 0 Å². The highest BCUT2D eigenvalue weighted by Gasteiger charge is 2.10. The maximum absolute atomic E-state index is 12.2. The highest BCUT2D eigenvalue weighted by molar-refractivity contribution is 5.97. The minimum absolute atomic E-state index is 0.0171. The Kier molecular flexibility index (Phi) is 6.97. The molecule has 136 valence electrons. The zero-order valence-electron chi connectivity index (χ0n) is 15.4. The standard InChI is InChI=1S/C21H24N2O3/c1-4-16-8-11-18(12-9-16)22-20(24)15-23(2)21(25)13-10-17-6-5-7-19(14-17)26-3/h5-14H,4,15H2,1-3H3,(H,22,24)/b13-10+. The number of ether oxygens (including phenoxy) is 1. The normalized spacial score (nSPS) is 10.6. The molecule has 5 nitrogen and oxygen atoms in total. The lowest BCUT2D eigenvalue weighted by atomic mass is 10.1. The summed E-state index contributed by atoms with van der Waals surface area (Å²) >= 11 is 0. The third kappa shape index (κ3) is 5.77. The van der Waals surface area contributed by atoms with Gasteiger partial charge in [-0.2, -0.15) is 0 Å². The first kappa shape index (κ1) is 19.2. The van der Waals surface area contributed by atoms with Crippen LogP contribution in [0.25, 0.3) is 6.08 Å². The predicted molar refractivity (Wildman–Crippen MR) is 104 cm³/mol. The van der Waals surface area contributed by atoms with E-state index in [4.69, 9.17) is 4.74 Å². The van der Waals surface area contributed by atoms with Gasteiger partial charge in [-0.05, 0) is 47.9 Å². The van der Waals surface area contributed by atoms with E-state index in [1.54, 1.807) is 20.2 Å². The fourth-order valence-corrected chi connectivity index (χ4v) is 2.36. The van der Waals surface area contributed by atoms with Gasteiger partial charge in [-0.15, -0.1) is 0 Å². The summed E-state index contributed by atoms with van der Waals surface area (Å²) in [6.07, 6.45) is 4.09. The van der Waals surface area contributed by atoms with E-state index in [9.17, 15) is 9.59 Å². The van der Waals surface area contributed by atoms with Gasteiger partial charge in [-0.3, -0.25) is 9.59 Å². The van der Waals surface area contributed by atoms with Crippen molar-refractivity contribution in [1.82, 2.24) is 4.90 Å². The Morgan fingerprint density at radius 3 is 2.54 bits per heavy atom. The van der Waals surface area contributed by atoms with E-state index in [1.165, 1.54) is 16.5 Å². The fourth-order valence-electron chi connectivity index (χ4n) is 2.36. The first-order chi connectivity index (χ1) is 12.5. The molecule has 0 saturated carbocycles. The van der Waals surface area contributed by atoms with Crippen LogP contribution in [0.1, 0.15) is 18.1 Å². The molecule has 0 radical (unpaired) electrons. The van der Waals surface area contributed by atoms with Crippen molar-refractivity contribution in [3.8, 4) is 5.75 Å². The van der Waals surface area contributed by atoms with Gasteiger partial charge in [-0.1, -0.05) is 31.2 Å². The van der Waals surface area contributed by atoms with Crippen LogP contribution in [0.15, 0.2) is 54.6 Å². The van der Waals surface area contributed by atoms with Gasteiger partial charge in [0.1, 0.15) is 5.75 Å². The van der Waals surface area contributed by atoms with Crippen molar-refractivity contribution in [3.63, 3.8) is 0 Å². The lowest BCUT2D eigenvalue weighted by Crippen LogP contribution is -2.33. The Morgan fingerprint density at radius 2 is 1.88 bits per heavy atom. The van der Waals surface area contributed by atoms with Crippen LogP contribution in [0.4, 0.5) is 5.69 Å². The monoisotopic (exact) mass is 352 g/mol. The van der Waals surface area contributed by atoms with Gasteiger partial charge < -0.3 is 15.0 Å². The number of anilines is 1. The Bertz CT molecular complexity index is 782. The summed E-state index contributed by atoms with van der Waals surface area (Å²) in [5.74, 6) is 0.241. The number of hydrogen-bond donors (Lipinski definition) is 1. The van der Waals surface area contributed by atoms with Gasteiger partial charge in [0.05, 0.1) is 13.7 Å². The van der Waals surface area contributed by atoms with Crippen LogP contribution in [0, 0.1) is 0 Å². The number of aryl methyl sites for hydroxylation is 1. The lowest BCUT2D eigenvalue weighted by molar-refractivity contribution is -0.129. The van der Waals surface area contributed by atoms with Gasteiger partial charge in [0, 0.05) is 18.8 Å². The summed E-state index contributed by atoms with van der Waals surface area (Å²) in [5, 5.41) is 2.79. The molecule has 2 aromatic carbocycles. The molecule has 2 rings (SSSR count). The second-order valence-corrected chi connectivity index (χ2v) is 5.90.